The van der Waals surface area contributed by atoms with Crippen LogP contribution in [0, 0.1) is 0 Å². The first-order valence-electron chi connectivity index (χ1n) is 4.99. The second kappa shape index (κ2) is 5.57. The lowest BCUT2D eigenvalue weighted by Gasteiger charge is -2.05. The molecule has 0 unspecified atom stereocenters. The second-order valence-corrected chi connectivity index (χ2v) is 5.29. The topological polar surface area (TPSA) is 55.0 Å². The highest BCUT2D eigenvalue weighted by molar-refractivity contribution is 9.10. The summed E-state index contributed by atoms with van der Waals surface area (Å²) in [6, 6.07) is 4.00. The molecule has 0 bridgehead atoms. The fourth-order valence-electron chi connectivity index (χ4n) is 1.45. The van der Waals surface area contributed by atoms with E-state index in [-0.39, 0.29) is 5.56 Å². The van der Waals surface area contributed by atoms with Crippen LogP contribution >= 0.6 is 27.3 Å². The van der Waals surface area contributed by atoms with E-state index in [9.17, 15) is 4.79 Å². The Balaban J connectivity index is 2.32. The summed E-state index contributed by atoms with van der Waals surface area (Å²) >= 11 is 4.85. The molecule has 90 valence electrons. The van der Waals surface area contributed by atoms with Gasteiger partial charge in [0.15, 0.2) is 0 Å². The van der Waals surface area contributed by atoms with Gasteiger partial charge in [-0.05, 0) is 27.4 Å². The average Bonchev–Trinajstić information content (AvgIpc) is 2.78. The molecule has 17 heavy (non-hydrogen) atoms. The highest BCUT2D eigenvalue weighted by Gasteiger charge is 2.09. The number of halogens is 1. The predicted molar refractivity (Wildman–Crippen MR) is 70.4 cm³/mol. The van der Waals surface area contributed by atoms with E-state index in [0.717, 1.165) is 0 Å². The van der Waals surface area contributed by atoms with Crippen molar-refractivity contribution in [2.45, 2.75) is 13.0 Å². The number of ether oxygens (including phenoxy) is 1. The first-order valence-corrected chi connectivity index (χ1v) is 6.67. The Morgan fingerprint density at radius 3 is 3.06 bits per heavy atom. The highest BCUT2D eigenvalue weighted by Crippen LogP contribution is 2.14. The molecule has 2 aromatic rings. The van der Waals surface area contributed by atoms with Gasteiger partial charge in [-0.15, -0.1) is 11.3 Å². The number of methoxy groups -OCH3 is 1. The maximum Gasteiger partial charge on any atom is 0.265 e. The fourth-order valence-corrected chi connectivity index (χ4v) is 2.46. The Morgan fingerprint density at radius 1 is 1.59 bits per heavy atom. The minimum absolute atomic E-state index is 0.168. The highest BCUT2D eigenvalue weighted by atomic mass is 79.9. The summed E-state index contributed by atoms with van der Waals surface area (Å²) in [5, 5.41) is 2.00. The summed E-state index contributed by atoms with van der Waals surface area (Å²) in [5.41, 5.74) is 0.460. The summed E-state index contributed by atoms with van der Waals surface area (Å²) in [6.07, 6.45) is 0.636. The van der Waals surface area contributed by atoms with Crippen LogP contribution in [0.1, 0.15) is 16.4 Å². The number of nitrogens with one attached hydrogen (secondary N) is 1. The first kappa shape index (κ1) is 12.5. The van der Waals surface area contributed by atoms with E-state index in [1.165, 1.54) is 4.88 Å². The standard InChI is InChI=1S/C11H11BrN2O2S/c1-16-6-8-10(12)11(15)14-9(13-8)5-7-3-2-4-17-7/h2-4H,5-6H2,1H3,(H,13,14,15). The molecular formula is C11H11BrN2O2S. The van der Waals surface area contributed by atoms with Crippen LogP contribution in [0.4, 0.5) is 0 Å². The van der Waals surface area contributed by atoms with Gasteiger partial charge in [-0.1, -0.05) is 6.07 Å². The summed E-state index contributed by atoms with van der Waals surface area (Å²) in [4.78, 5) is 20.0. The molecule has 0 fully saturated rings. The Kier molecular flexibility index (Phi) is 4.09. The number of aromatic amines is 1. The molecule has 0 spiro atoms. The molecule has 0 amide bonds. The average molecular weight is 315 g/mol. The first-order chi connectivity index (χ1) is 8.20. The Bertz CT molecular complexity index is 551. The predicted octanol–water partition coefficient (Wildman–Crippen LogP) is 2.33. The van der Waals surface area contributed by atoms with E-state index in [4.69, 9.17) is 4.74 Å². The van der Waals surface area contributed by atoms with Gasteiger partial charge in [0.05, 0.1) is 12.3 Å². The lowest BCUT2D eigenvalue weighted by molar-refractivity contribution is 0.180. The number of nitrogens with zero attached hydrogens (tertiary/aromatic N) is 1. The van der Waals surface area contributed by atoms with Gasteiger partial charge in [-0.2, -0.15) is 0 Å². The number of rotatable bonds is 4. The third kappa shape index (κ3) is 3.02. The largest absolute Gasteiger partial charge is 0.378 e. The Hall–Kier alpha value is -0.980. The summed E-state index contributed by atoms with van der Waals surface area (Å²) < 4.78 is 5.45. The zero-order valence-corrected chi connectivity index (χ0v) is 11.6. The van der Waals surface area contributed by atoms with Gasteiger partial charge < -0.3 is 9.72 Å². The van der Waals surface area contributed by atoms with Crippen molar-refractivity contribution in [2.75, 3.05) is 7.11 Å². The van der Waals surface area contributed by atoms with E-state index >= 15 is 0 Å². The zero-order chi connectivity index (χ0) is 12.3. The van der Waals surface area contributed by atoms with E-state index in [0.29, 0.717) is 29.0 Å². The van der Waals surface area contributed by atoms with Gasteiger partial charge >= 0.3 is 0 Å². The number of hydrogen-bond acceptors (Lipinski definition) is 4. The number of aromatic nitrogens is 2. The molecule has 2 heterocycles. The Morgan fingerprint density at radius 2 is 2.41 bits per heavy atom. The van der Waals surface area contributed by atoms with Gasteiger partial charge in [0, 0.05) is 18.4 Å². The van der Waals surface area contributed by atoms with Crippen LogP contribution in [0.3, 0.4) is 0 Å². The molecule has 0 saturated carbocycles. The number of H-pyrrole nitrogens is 1. The molecular weight excluding hydrogens is 304 g/mol. The second-order valence-electron chi connectivity index (χ2n) is 3.46. The van der Waals surface area contributed by atoms with Crippen molar-refractivity contribution in [1.29, 1.82) is 0 Å². The van der Waals surface area contributed by atoms with Crippen molar-refractivity contribution in [2.24, 2.45) is 0 Å². The molecule has 6 heteroatoms. The molecule has 4 nitrogen and oxygen atoms in total. The molecule has 2 aromatic heterocycles. The maximum atomic E-state index is 11.7. The smallest absolute Gasteiger partial charge is 0.265 e. The summed E-state index contributed by atoms with van der Waals surface area (Å²) in [6.45, 7) is 0.321. The SMILES string of the molecule is COCc1nc(Cc2cccs2)[nH]c(=O)c1Br. The van der Waals surface area contributed by atoms with E-state index < -0.39 is 0 Å². The molecule has 0 aromatic carbocycles. The van der Waals surface area contributed by atoms with Gasteiger partial charge in [0.25, 0.3) is 5.56 Å². The fraction of sp³-hybridized carbons (Fsp3) is 0.273. The normalized spacial score (nSPS) is 10.7. The van der Waals surface area contributed by atoms with Crippen LogP contribution in [-0.2, 0) is 17.8 Å². The molecule has 0 saturated heterocycles. The van der Waals surface area contributed by atoms with Crippen molar-refractivity contribution in [3.63, 3.8) is 0 Å². The third-order valence-corrected chi connectivity index (χ3v) is 3.88. The molecule has 1 N–H and O–H groups in total. The van der Waals surface area contributed by atoms with Gasteiger partial charge in [0.2, 0.25) is 0 Å². The van der Waals surface area contributed by atoms with Crippen molar-refractivity contribution in [3.8, 4) is 0 Å². The van der Waals surface area contributed by atoms with Crippen molar-refractivity contribution >= 4 is 27.3 Å². The van der Waals surface area contributed by atoms with E-state index in [1.807, 2.05) is 17.5 Å². The third-order valence-electron chi connectivity index (χ3n) is 2.18. The van der Waals surface area contributed by atoms with E-state index in [1.54, 1.807) is 18.4 Å². The van der Waals surface area contributed by atoms with Crippen LogP contribution < -0.4 is 5.56 Å². The quantitative estimate of drug-likeness (QED) is 0.942. The molecule has 0 aliphatic heterocycles. The molecule has 0 atom stereocenters. The molecule has 2 rings (SSSR count). The van der Waals surface area contributed by atoms with Gasteiger partial charge in [-0.25, -0.2) is 4.98 Å². The van der Waals surface area contributed by atoms with Crippen LogP contribution in [0.15, 0.2) is 26.8 Å². The lowest BCUT2D eigenvalue weighted by atomic mass is 10.3. The van der Waals surface area contributed by atoms with Gasteiger partial charge in [-0.3, -0.25) is 4.79 Å². The van der Waals surface area contributed by atoms with Crippen LogP contribution in [0.2, 0.25) is 0 Å². The Labute approximate surface area is 111 Å². The van der Waals surface area contributed by atoms with Crippen LogP contribution in [0.5, 0.6) is 0 Å². The van der Waals surface area contributed by atoms with Crippen LogP contribution in [0.25, 0.3) is 0 Å². The minimum atomic E-state index is -0.168. The van der Waals surface area contributed by atoms with Gasteiger partial charge in [0.1, 0.15) is 10.3 Å². The maximum absolute atomic E-state index is 11.7. The summed E-state index contributed by atoms with van der Waals surface area (Å²) in [5.74, 6) is 0.660. The number of hydrogen-bond donors (Lipinski definition) is 1. The molecule has 0 aliphatic rings. The number of thiophene rings is 1. The summed E-state index contributed by atoms with van der Waals surface area (Å²) in [7, 11) is 1.58. The molecule has 0 aliphatic carbocycles. The monoisotopic (exact) mass is 314 g/mol. The van der Waals surface area contributed by atoms with Crippen LogP contribution in [-0.4, -0.2) is 17.1 Å². The van der Waals surface area contributed by atoms with Crippen molar-refractivity contribution < 1.29 is 4.74 Å². The van der Waals surface area contributed by atoms with E-state index in [2.05, 4.69) is 25.9 Å². The lowest BCUT2D eigenvalue weighted by Crippen LogP contribution is -2.16. The molecule has 0 radical (unpaired) electrons. The van der Waals surface area contributed by atoms with Crippen molar-refractivity contribution in [3.05, 3.63) is 48.7 Å². The van der Waals surface area contributed by atoms with Crippen molar-refractivity contribution in [1.82, 2.24) is 9.97 Å². The zero-order valence-electron chi connectivity index (χ0n) is 9.20. The minimum Gasteiger partial charge on any atom is -0.378 e.